The molecule has 0 bridgehead atoms. The largest absolute Gasteiger partial charge is 0.378 e. The van der Waals surface area contributed by atoms with Crippen molar-refractivity contribution in [3.05, 3.63) is 59.7 Å². The van der Waals surface area contributed by atoms with Gasteiger partial charge in [0.2, 0.25) is 5.91 Å². The van der Waals surface area contributed by atoms with Gasteiger partial charge in [-0.25, -0.2) is 5.43 Å². The van der Waals surface area contributed by atoms with Crippen molar-refractivity contribution in [2.24, 2.45) is 5.10 Å². The molecule has 2 aromatic carbocycles. The Labute approximate surface area is 153 Å². The fourth-order valence-corrected chi connectivity index (χ4v) is 2.82. The Balaban J connectivity index is 1.63. The van der Waals surface area contributed by atoms with E-state index in [0.717, 1.165) is 23.4 Å². The predicted octanol–water partition coefficient (Wildman–Crippen LogP) is 2.64. The quantitative estimate of drug-likeness (QED) is 0.666. The number of nitrogens with one attached hydrogen (secondary N) is 1. The van der Waals surface area contributed by atoms with E-state index in [4.69, 9.17) is 0 Å². The van der Waals surface area contributed by atoms with Crippen LogP contribution >= 0.6 is 0 Å². The Bertz CT molecular complexity index is 828. The summed E-state index contributed by atoms with van der Waals surface area (Å²) in [5.41, 5.74) is 5.75. The Morgan fingerprint density at radius 3 is 2.62 bits per heavy atom. The molecule has 0 aliphatic carbocycles. The second kappa shape index (κ2) is 7.82. The molecule has 0 spiro atoms. The number of amides is 2. The summed E-state index contributed by atoms with van der Waals surface area (Å²) in [6.07, 6.45) is 3.02. The van der Waals surface area contributed by atoms with Gasteiger partial charge in [-0.15, -0.1) is 0 Å². The zero-order valence-electron chi connectivity index (χ0n) is 15.0. The van der Waals surface area contributed by atoms with Gasteiger partial charge in [0, 0.05) is 44.0 Å². The summed E-state index contributed by atoms with van der Waals surface area (Å²) in [5, 5.41) is 4.02. The molecule has 1 fully saturated rings. The minimum Gasteiger partial charge on any atom is -0.378 e. The number of hydrazone groups is 1. The highest BCUT2D eigenvalue weighted by molar-refractivity contribution is 5.99. The third-order valence-electron chi connectivity index (χ3n) is 4.28. The molecule has 134 valence electrons. The summed E-state index contributed by atoms with van der Waals surface area (Å²) in [5.74, 6) is -0.207. The maximum absolute atomic E-state index is 12.3. The predicted molar refractivity (Wildman–Crippen MR) is 104 cm³/mol. The van der Waals surface area contributed by atoms with Crippen LogP contribution in [0.2, 0.25) is 0 Å². The van der Waals surface area contributed by atoms with Gasteiger partial charge in [0.25, 0.3) is 5.91 Å². The first-order valence-corrected chi connectivity index (χ1v) is 8.56. The van der Waals surface area contributed by atoms with Crippen LogP contribution in [0.5, 0.6) is 0 Å². The standard InChI is InChI=1S/C20H22N4O2/c1-23(2)17-10-8-15(9-11-17)14-21-22-20(26)16-5-3-6-18(13-16)24-12-4-7-19(24)25/h3,5-6,8-11,13-14H,4,7,12H2,1-2H3,(H,22,26)/b21-14-. The molecule has 1 heterocycles. The Hall–Kier alpha value is -3.15. The summed E-state index contributed by atoms with van der Waals surface area (Å²) in [6.45, 7) is 0.699. The first-order chi connectivity index (χ1) is 12.5. The second-order valence-electron chi connectivity index (χ2n) is 6.38. The van der Waals surface area contributed by atoms with Crippen molar-refractivity contribution >= 4 is 29.4 Å². The van der Waals surface area contributed by atoms with Crippen LogP contribution in [-0.4, -0.2) is 38.7 Å². The molecule has 1 N–H and O–H groups in total. The number of anilines is 2. The lowest BCUT2D eigenvalue weighted by Crippen LogP contribution is -2.24. The van der Waals surface area contributed by atoms with E-state index in [1.807, 2.05) is 49.3 Å². The highest BCUT2D eigenvalue weighted by Gasteiger charge is 2.22. The number of hydrogen-bond donors (Lipinski definition) is 1. The maximum Gasteiger partial charge on any atom is 0.271 e. The first kappa shape index (κ1) is 17.7. The summed E-state index contributed by atoms with van der Waals surface area (Å²) in [7, 11) is 3.96. The molecule has 6 nitrogen and oxygen atoms in total. The zero-order chi connectivity index (χ0) is 18.5. The zero-order valence-corrected chi connectivity index (χ0v) is 15.0. The van der Waals surface area contributed by atoms with Gasteiger partial charge in [0.05, 0.1) is 6.21 Å². The minimum atomic E-state index is -0.306. The van der Waals surface area contributed by atoms with Crippen LogP contribution in [0.1, 0.15) is 28.8 Å². The first-order valence-electron chi connectivity index (χ1n) is 8.56. The smallest absolute Gasteiger partial charge is 0.271 e. The van der Waals surface area contributed by atoms with Gasteiger partial charge in [-0.1, -0.05) is 18.2 Å². The summed E-state index contributed by atoms with van der Waals surface area (Å²) >= 11 is 0. The van der Waals surface area contributed by atoms with Crippen LogP contribution in [0.15, 0.2) is 53.6 Å². The number of nitrogens with zero attached hydrogens (tertiary/aromatic N) is 3. The summed E-state index contributed by atoms with van der Waals surface area (Å²) in [6, 6.07) is 14.9. The normalized spacial score (nSPS) is 14.1. The van der Waals surface area contributed by atoms with Crippen molar-refractivity contribution in [1.29, 1.82) is 0 Å². The van der Waals surface area contributed by atoms with E-state index in [0.29, 0.717) is 18.5 Å². The van der Waals surface area contributed by atoms with Crippen molar-refractivity contribution in [2.75, 3.05) is 30.4 Å². The van der Waals surface area contributed by atoms with Gasteiger partial charge >= 0.3 is 0 Å². The molecule has 2 aromatic rings. The van der Waals surface area contributed by atoms with Crippen molar-refractivity contribution < 1.29 is 9.59 Å². The molecule has 26 heavy (non-hydrogen) atoms. The fraction of sp³-hybridized carbons (Fsp3) is 0.250. The molecule has 3 rings (SSSR count). The average molecular weight is 350 g/mol. The SMILES string of the molecule is CN(C)c1ccc(/C=N\NC(=O)c2cccc(N3CCCC3=O)c2)cc1. The van der Waals surface area contributed by atoms with Gasteiger partial charge in [-0.3, -0.25) is 9.59 Å². The topological polar surface area (TPSA) is 65.0 Å². The lowest BCUT2D eigenvalue weighted by atomic mass is 10.2. The molecule has 1 saturated heterocycles. The van der Waals surface area contributed by atoms with Gasteiger partial charge < -0.3 is 9.80 Å². The molecule has 2 amide bonds. The minimum absolute atomic E-state index is 0.0988. The van der Waals surface area contributed by atoms with Gasteiger partial charge in [0.1, 0.15) is 0 Å². The number of hydrogen-bond acceptors (Lipinski definition) is 4. The molecule has 0 saturated carbocycles. The summed E-state index contributed by atoms with van der Waals surface area (Å²) < 4.78 is 0. The van der Waals surface area contributed by atoms with E-state index in [1.54, 1.807) is 29.3 Å². The van der Waals surface area contributed by atoms with Crippen molar-refractivity contribution in [3.8, 4) is 0 Å². The Morgan fingerprint density at radius 1 is 1.19 bits per heavy atom. The fourth-order valence-electron chi connectivity index (χ4n) is 2.82. The van der Waals surface area contributed by atoms with Crippen LogP contribution in [0.3, 0.4) is 0 Å². The second-order valence-corrected chi connectivity index (χ2v) is 6.38. The molecular weight excluding hydrogens is 328 g/mol. The van der Waals surface area contributed by atoms with Gasteiger partial charge in [0.15, 0.2) is 0 Å². The number of benzene rings is 2. The van der Waals surface area contributed by atoms with E-state index >= 15 is 0 Å². The van der Waals surface area contributed by atoms with E-state index in [9.17, 15) is 9.59 Å². The highest BCUT2D eigenvalue weighted by atomic mass is 16.2. The number of rotatable bonds is 5. The van der Waals surface area contributed by atoms with E-state index in [2.05, 4.69) is 10.5 Å². The molecule has 0 unspecified atom stereocenters. The Morgan fingerprint density at radius 2 is 1.96 bits per heavy atom. The number of carbonyl (C=O) groups excluding carboxylic acids is 2. The lowest BCUT2D eigenvalue weighted by Gasteiger charge is -2.16. The number of carbonyl (C=O) groups is 2. The molecule has 0 radical (unpaired) electrons. The van der Waals surface area contributed by atoms with Crippen LogP contribution in [-0.2, 0) is 4.79 Å². The van der Waals surface area contributed by atoms with Crippen molar-refractivity contribution in [2.45, 2.75) is 12.8 Å². The maximum atomic E-state index is 12.3. The monoisotopic (exact) mass is 350 g/mol. The third-order valence-corrected chi connectivity index (χ3v) is 4.28. The molecule has 1 aliphatic heterocycles. The van der Waals surface area contributed by atoms with Crippen LogP contribution in [0.25, 0.3) is 0 Å². The van der Waals surface area contributed by atoms with Crippen LogP contribution in [0, 0.1) is 0 Å². The molecule has 1 aliphatic rings. The molecule has 0 aromatic heterocycles. The van der Waals surface area contributed by atoms with Gasteiger partial charge in [-0.05, 0) is 42.3 Å². The van der Waals surface area contributed by atoms with E-state index in [1.165, 1.54) is 0 Å². The highest BCUT2D eigenvalue weighted by Crippen LogP contribution is 2.22. The van der Waals surface area contributed by atoms with Crippen LogP contribution < -0.4 is 15.2 Å². The average Bonchev–Trinajstić information content (AvgIpc) is 3.08. The Kier molecular flexibility index (Phi) is 5.31. The van der Waals surface area contributed by atoms with Crippen molar-refractivity contribution in [3.63, 3.8) is 0 Å². The summed E-state index contributed by atoms with van der Waals surface area (Å²) in [4.78, 5) is 27.9. The van der Waals surface area contributed by atoms with E-state index < -0.39 is 0 Å². The molecule has 0 atom stereocenters. The third kappa shape index (κ3) is 4.08. The lowest BCUT2D eigenvalue weighted by molar-refractivity contribution is -0.117. The van der Waals surface area contributed by atoms with Crippen molar-refractivity contribution in [1.82, 2.24) is 5.43 Å². The van der Waals surface area contributed by atoms with Gasteiger partial charge in [-0.2, -0.15) is 5.10 Å². The molecule has 6 heteroatoms. The molecular formula is C20H22N4O2. The van der Waals surface area contributed by atoms with E-state index in [-0.39, 0.29) is 11.8 Å². The van der Waals surface area contributed by atoms with Crippen LogP contribution in [0.4, 0.5) is 11.4 Å².